The molecule has 1 aromatic rings. The van der Waals surface area contributed by atoms with Crippen molar-refractivity contribution in [1.82, 2.24) is 10.0 Å². The Hall–Kier alpha value is -1.11. The Kier molecular flexibility index (Phi) is 5.39. The molecule has 1 heterocycles. The molecule has 0 saturated heterocycles. The van der Waals surface area contributed by atoms with E-state index in [1.807, 2.05) is 51.2 Å². The first kappa shape index (κ1) is 19.6. The molecule has 1 aliphatic carbocycles. The predicted octanol–water partition coefficient (Wildman–Crippen LogP) is 3.79. The molecule has 3 rings (SSSR count). The first-order chi connectivity index (χ1) is 12.3. The first-order valence-corrected chi connectivity index (χ1v) is 12.3. The monoisotopic (exact) mass is 393 g/mol. The number of hydrogen-bond donors (Lipinski definition) is 2. The van der Waals surface area contributed by atoms with Crippen LogP contribution in [0.15, 0.2) is 35.3 Å². The summed E-state index contributed by atoms with van der Waals surface area (Å²) in [6.07, 6.45) is 6.04. The van der Waals surface area contributed by atoms with E-state index in [1.165, 1.54) is 19.3 Å². The van der Waals surface area contributed by atoms with E-state index in [9.17, 15) is 4.21 Å². The van der Waals surface area contributed by atoms with Crippen LogP contribution in [0.1, 0.15) is 51.5 Å². The lowest BCUT2D eigenvalue weighted by Crippen LogP contribution is -2.61. The van der Waals surface area contributed by atoms with Gasteiger partial charge in [-0.05, 0) is 45.2 Å². The summed E-state index contributed by atoms with van der Waals surface area (Å²) in [5, 5.41) is 3.80. The molecule has 0 atom stereocenters. The molecule has 0 aromatic heterocycles. The van der Waals surface area contributed by atoms with Crippen LogP contribution in [0.25, 0.3) is 0 Å². The van der Waals surface area contributed by atoms with Crippen molar-refractivity contribution >= 4 is 31.6 Å². The highest BCUT2D eigenvalue weighted by molar-refractivity contribution is 8.30. The Morgan fingerprint density at radius 2 is 1.88 bits per heavy atom. The van der Waals surface area contributed by atoms with Crippen LogP contribution in [0.3, 0.4) is 0 Å². The van der Waals surface area contributed by atoms with E-state index in [2.05, 4.69) is 10.0 Å². The molecule has 2 N–H and O–H groups in total. The van der Waals surface area contributed by atoms with Gasteiger partial charge in [0.15, 0.2) is 5.17 Å². The van der Waals surface area contributed by atoms with Crippen LogP contribution in [0.4, 0.5) is 0 Å². The molecule has 4 nitrogen and oxygen atoms in total. The quantitative estimate of drug-likeness (QED) is 0.749. The van der Waals surface area contributed by atoms with E-state index in [1.54, 1.807) is 0 Å². The molecule has 2 aliphatic rings. The maximum atomic E-state index is 14.9. The minimum atomic E-state index is -3.43. The summed E-state index contributed by atoms with van der Waals surface area (Å²) >= 11 is 5.49. The fourth-order valence-electron chi connectivity index (χ4n) is 4.04. The second-order valence-electron chi connectivity index (χ2n) is 8.22. The van der Waals surface area contributed by atoms with Crippen molar-refractivity contribution in [3.63, 3.8) is 0 Å². The lowest BCUT2D eigenvalue weighted by Gasteiger charge is -2.44. The van der Waals surface area contributed by atoms with Gasteiger partial charge in [0.05, 0.1) is 0 Å². The van der Waals surface area contributed by atoms with Crippen LogP contribution in [0.2, 0.25) is 0 Å². The van der Waals surface area contributed by atoms with Crippen molar-refractivity contribution in [3.8, 4) is 0 Å². The SMILES string of the molecule is CNS(=O)(Cc1ccccc1)(CC1CCCCC1)C1=NC(C)(C)C(=S)N1. The fraction of sp³-hybridized carbons (Fsp3) is 0.600. The minimum Gasteiger partial charge on any atom is -0.326 e. The summed E-state index contributed by atoms with van der Waals surface area (Å²) in [7, 11) is -1.61. The third-order valence-electron chi connectivity index (χ3n) is 5.71. The Balaban J connectivity index is 2.04. The van der Waals surface area contributed by atoms with Crippen molar-refractivity contribution in [2.45, 2.75) is 57.2 Å². The number of nitrogens with one attached hydrogen (secondary N) is 2. The molecular formula is C20H31N3OS2. The molecule has 0 radical (unpaired) electrons. The number of rotatable bonds is 5. The average Bonchev–Trinajstić information content (AvgIpc) is 2.91. The lowest BCUT2D eigenvalue weighted by molar-refractivity contribution is 0.386. The van der Waals surface area contributed by atoms with Gasteiger partial charge in [0.25, 0.3) is 0 Å². The van der Waals surface area contributed by atoms with Crippen LogP contribution in [-0.2, 0) is 15.0 Å². The number of amidine groups is 1. The average molecular weight is 394 g/mol. The second kappa shape index (κ2) is 7.13. The summed E-state index contributed by atoms with van der Waals surface area (Å²) < 4.78 is 18.2. The van der Waals surface area contributed by atoms with Gasteiger partial charge in [-0.15, -0.1) is 0 Å². The number of hydrogen-bond acceptors (Lipinski definition) is 3. The Labute approximate surface area is 162 Å². The normalized spacial score (nSPS) is 22.3. The second-order valence-corrected chi connectivity index (χ2v) is 12.6. The Morgan fingerprint density at radius 3 is 2.42 bits per heavy atom. The summed E-state index contributed by atoms with van der Waals surface area (Å²) in [5.41, 5.74) is 0.557. The molecule has 144 valence electrons. The lowest BCUT2D eigenvalue weighted by atomic mass is 9.91. The zero-order valence-corrected chi connectivity index (χ0v) is 17.7. The first-order valence-electron chi connectivity index (χ1n) is 9.54. The van der Waals surface area contributed by atoms with Crippen molar-refractivity contribution in [1.29, 1.82) is 0 Å². The number of thiocarbonyl (C=S) groups is 1. The van der Waals surface area contributed by atoms with Gasteiger partial charge in [-0.2, -0.15) is 0 Å². The molecule has 1 aliphatic heterocycles. The van der Waals surface area contributed by atoms with Gasteiger partial charge >= 0.3 is 0 Å². The third kappa shape index (κ3) is 3.78. The molecule has 0 bridgehead atoms. The van der Waals surface area contributed by atoms with Gasteiger partial charge in [-0.1, -0.05) is 61.8 Å². The van der Waals surface area contributed by atoms with Crippen LogP contribution in [0, 0.1) is 5.92 Å². The van der Waals surface area contributed by atoms with E-state index in [4.69, 9.17) is 17.2 Å². The number of aliphatic imine (C=N–C) groups is 1. The smallest absolute Gasteiger partial charge is 0.184 e. The van der Waals surface area contributed by atoms with Crippen LogP contribution < -0.4 is 10.0 Å². The highest BCUT2D eigenvalue weighted by atomic mass is 32.3. The summed E-state index contributed by atoms with van der Waals surface area (Å²) in [5.74, 6) is 1.55. The minimum absolute atomic E-state index is 0.454. The largest absolute Gasteiger partial charge is 0.326 e. The van der Waals surface area contributed by atoms with Crippen molar-refractivity contribution in [2.75, 3.05) is 12.8 Å². The predicted molar refractivity (Wildman–Crippen MR) is 116 cm³/mol. The van der Waals surface area contributed by atoms with E-state index in [0.717, 1.165) is 18.4 Å². The van der Waals surface area contributed by atoms with Crippen molar-refractivity contribution in [3.05, 3.63) is 35.9 Å². The molecule has 0 unspecified atom stereocenters. The highest BCUT2D eigenvalue weighted by Gasteiger charge is 2.48. The van der Waals surface area contributed by atoms with Crippen LogP contribution in [-0.4, -0.2) is 32.7 Å². The van der Waals surface area contributed by atoms with E-state index in [-0.39, 0.29) is 0 Å². The molecule has 26 heavy (non-hydrogen) atoms. The Morgan fingerprint density at radius 1 is 1.23 bits per heavy atom. The summed E-state index contributed by atoms with van der Waals surface area (Å²) in [6, 6.07) is 10.1. The van der Waals surface area contributed by atoms with Gasteiger partial charge < -0.3 is 5.32 Å². The van der Waals surface area contributed by atoms with E-state index in [0.29, 0.717) is 27.6 Å². The molecule has 6 heteroatoms. The molecule has 0 amide bonds. The van der Waals surface area contributed by atoms with E-state index < -0.39 is 14.8 Å². The summed E-state index contributed by atoms with van der Waals surface area (Å²) in [4.78, 5) is 5.47. The zero-order valence-electron chi connectivity index (χ0n) is 16.1. The number of nitrogens with zero attached hydrogens (tertiary/aromatic N) is 1. The zero-order chi connectivity index (χ0) is 18.9. The van der Waals surface area contributed by atoms with Crippen LogP contribution >= 0.6 is 12.2 Å². The van der Waals surface area contributed by atoms with Gasteiger partial charge in [0, 0.05) is 20.8 Å². The third-order valence-corrected chi connectivity index (χ3v) is 10.5. The van der Waals surface area contributed by atoms with E-state index >= 15 is 0 Å². The van der Waals surface area contributed by atoms with Crippen molar-refractivity contribution in [2.24, 2.45) is 10.9 Å². The molecular weight excluding hydrogens is 362 g/mol. The maximum absolute atomic E-state index is 14.9. The topological polar surface area (TPSA) is 53.5 Å². The van der Waals surface area contributed by atoms with Gasteiger partial charge in [0.2, 0.25) is 0 Å². The van der Waals surface area contributed by atoms with Crippen LogP contribution in [0.5, 0.6) is 0 Å². The maximum Gasteiger partial charge on any atom is 0.184 e. The molecule has 0 spiro atoms. The van der Waals surface area contributed by atoms with Gasteiger partial charge in [0.1, 0.15) is 10.5 Å². The molecule has 1 fully saturated rings. The van der Waals surface area contributed by atoms with Gasteiger partial charge in [-0.3, -0.25) is 8.93 Å². The van der Waals surface area contributed by atoms with Crippen molar-refractivity contribution < 1.29 is 4.21 Å². The standard InChI is InChI=1S/C20H31N3OS2/c1-20(2)18(25)22-19(23-20)26(24,21-3,14-16-10-6-4-7-11-16)15-17-12-8-5-9-13-17/h4,6-7,10-11,17H,5,8-9,12-15H2,1-3H3,(H,21,24)(H,22,23,25). The fourth-order valence-corrected chi connectivity index (χ4v) is 8.18. The number of benzene rings is 1. The molecule has 1 saturated carbocycles. The Bertz CT molecular complexity index is 767. The highest BCUT2D eigenvalue weighted by Crippen LogP contribution is 2.38. The molecule has 1 aromatic carbocycles. The van der Waals surface area contributed by atoms with Gasteiger partial charge in [-0.25, -0.2) is 4.99 Å². The summed E-state index contributed by atoms with van der Waals surface area (Å²) in [6.45, 7) is 3.96.